The molecule has 0 bridgehead atoms. The van der Waals surface area contributed by atoms with Gasteiger partial charge < -0.3 is 9.84 Å². The van der Waals surface area contributed by atoms with Crippen molar-refractivity contribution >= 4 is 23.2 Å². The van der Waals surface area contributed by atoms with E-state index < -0.39 is 12.1 Å². The van der Waals surface area contributed by atoms with Gasteiger partial charge in [0.2, 0.25) is 0 Å². The van der Waals surface area contributed by atoms with E-state index in [9.17, 15) is 18.7 Å². The molecule has 0 fully saturated rings. The minimum Gasteiger partial charge on any atom is -0.506 e. The maximum absolute atomic E-state index is 13.5. The number of hydrogen-bond donors (Lipinski definition) is 1. The van der Waals surface area contributed by atoms with Gasteiger partial charge in [0.1, 0.15) is 18.1 Å². The molecule has 0 amide bonds. The van der Waals surface area contributed by atoms with E-state index in [2.05, 4.69) is 10.4 Å². The van der Waals surface area contributed by atoms with Crippen molar-refractivity contribution in [2.24, 2.45) is 7.05 Å². The molecule has 1 heterocycles. The Balaban J connectivity index is 2.05. The topological polar surface area (TPSA) is 82.2 Å². The molecule has 0 radical (unpaired) electrons. The van der Waals surface area contributed by atoms with Crippen LogP contribution in [-0.4, -0.2) is 24.9 Å². The zero-order valence-electron chi connectivity index (χ0n) is 13.7. The van der Waals surface area contributed by atoms with Crippen LogP contribution in [0.2, 0.25) is 10.0 Å². The van der Waals surface area contributed by atoms with Crippen LogP contribution in [0.25, 0.3) is 5.69 Å². The molecule has 27 heavy (non-hydrogen) atoms. The van der Waals surface area contributed by atoms with E-state index in [1.807, 2.05) is 0 Å². The Morgan fingerprint density at radius 1 is 1.22 bits per heavy atom. The van der Waals surface area contributed by atoms with Crippen molar-refractivity contribution in [1.29, 1.82) is 0 Å². The number of alkyl halides is 2. The Kier molecular flexibility index (Phi) is 5.33. The number of hydrogen-bond acceptors (Lipinski definition) is 5. The number of aromatic nitrogens is 4. The molecule has 0 unspecified atom stereocenters. The summed E-state index contributed by atoms with van der Waals surface area (Å²) in [7, 11) is 1.39. The van der Waals surface area contributed by atoms with Crippen molar-refractivity contribution in [2.45, 2.75) is 13.0 Å². The molecule has 0 saturated carbocycles. The largest absolute Gasteiger partial charge is 0.506 e. The smallest absolute Gasteiger partial charge is 0.368 e. The molecule has 0 aliphatic rings. The van der Waals surface area contributed by atoms with Crippen LogP contribution in [0.5, 0.6) is 11.5 Å². The lowest BCUT2D eigenvalue weighted by Gasteiger charge is -2.15. The maximum Gasteiger partial charge on any atom is 0.368 e. The summed E-state index contributed by atoms with van der Waals surface area (Å²) in [5, 5.41) is 16.8. The van der Waals surface area contributed by atoms with E-state index in [1.165, 1.54) is 37.4 Å². The predicted molar refractivity (Wildman–Crippen MR) is 94.0 cm³/mol. The SMILES string of the molecule is Cn1nnn(-c2cccc(C(F)F)c2COc2cc(Cl)c(O)cc2Cl)c1=O. The minimum absolute atomic E-state index is 0.0121. The fraction of sp³-hybridized carbons (Fsp3) is 0.188. The lowest BCUT2D eigenvalue weighted by atomic mass is 10.1. The van der Waals surface area contributed by atoms with Crippen molar-refractivity contribution in [3.05, 3.63) is 62.0 Å². The zero-order valence-corrected chi connectivity index (χ0v) is 15.2. The highest BCUT2D eigenvalue weighted by Crippen LogP contribution is 2.36. The van der Waals surface area contributed by atoms with E-state index >= 15 is 0 Å². The second kappa shape index (κ2) is 7.53. The van der Waals surface area contributed by atoms with Gasteiger partial charge in [-0.05, 0) is 16.5 Å². The first-order chi connectivity index (χ1) is 12.8. The molecule has 1 aromatic heterocycles. The zero-order chi connectivity index (χ0) is 19.7. The van der Waals surface area contributed by atoms with Crippen LogP contribution >= 0.6 is 23.2 Å². The monoisotopic (exact) mass is 416 g/mol. The van der Waals surface area contributed by atoms with Crippen LogP contribution in [0.15, 0.2) is 35.1 Å². The van der Waals surface area contributed by atoms with Gasteiger partial charge >= 0.3 is 5.69 Å². The van der Waals surface area contributed by atoms with E-state index in [0.29, 0.717) is 0 Å². The number of aryl methyl sites for hydroxylation is 1. The van der Waals surface area contributed by atoms with Crippen molar-refractivity contribution in [1.82, 2.24) is 19.8 Å². The Morgan fingerprint density at radius 3 is 2.59 bits per heavy atom. The average Bonchev–Trinajstić information content (AvgIpc) is 2.95. The summed E-state index contributed by atoms with van der Waals surface area (Å²) in [6.07, 6.45) is -2.81. The highest BCUT2D eigenvalue weighted by molar-refractivity contribution is 6.35. The van der Waals surface area contributed by atoms with Crippen molar-refractivity contribution < 1.29 is 18.6 Å². The summed E-state index contributed by atoms with van der Waals surface area (Å²) >= 11 is 11.8. The first-order valence-corrected chi connectivity index (χ1v) is 8.25. The van der Waals surface area contributed by atoms with Gasteiger partial charge in [-0.15, -0.1) is 0 Å². The number of aromatic hydroxyl groups is 1. The lowest BCUT2D eigenvalue weighted by molar-refractivity contribution is 0.148. The van der Waals surface area contributed by atoms with E-state index in [-0.39, 0.29) is 45.0 Å². The van der Waals surface area contributed by atoms with Gasteiger partial charge in [-0.2, -0.15) is 9.36 Å². The van der Waals surface area contributed by atoms with Gasteiger partial charge in [-0.1, -0.05) is 35.3 Å². The Hall–Kier alpha value is -2.65. The third kappa shape index (κ3) is 3.74. The van der Waals surface area contributed by atoms with E-state index in [1.54, 1.807) is 0 Å². The van der Waals surface area contributed by atoms with Crippen LogP contribution in [0.3, 0.4) is 0 Å². The van der Waals surface area contributed by atoms with Crippen molar-refractivity contribution in [3.8, 4) is 17.2 Å². The molecule has 142 valence electrons. The van der Waals surface area contributed by atoms with Crippen LogP contribution in [0.1, 0.15) is 17.6 Å². The molecule has 2 aromatic carbocycles. The number of ether oxygens (including phenoxy) is 1. The molecule has 1 N–H and O–H groups in total. The normalized spacial score (nSPS) is 11.2. The minimum atomic E-state index is -2.81. The molecule has 11 heteroatoms. The number of nitrogens with zero attached hydrogens (tertiary/aromatic N) is 4. The molecule has 3 aromatic rings. The summed E-state index contributed by atoms with van der Waals surface area (Å²) in [5.74, 6) is -0.158. The molecule has 7 nitrogen and oxygen atoms in total. The quantitative estimate of drug-likeness (QED) is 0.688. The predicted octanol–water partition coefficient (Wildman–Crippen LogP) is 3.50. The first kappa shape index (κ1) is 19.1. The van der Waals surface area contributed by atoms with Crippen LogP contribution in [-0.2, 0) is 13.7 Å². The van der Waals surface area contributed by atoms with Gasteiger partial charge in [0.25, 0.3) is 6.43 Å². The van der Waals surface area contributed by atoms with E-state index in [0.717, 1.165) is 9.36 Å². The van der Waals surface area contributed by atoms with Crippen LogP contribution < -0.4 is 10.4 Å². The average molecular weight is 417 g/mol. The second-order valence-corrected chi connectivity index (χ2v) is 6.28. The molecule has 3 rings (SSSR count). The summed E-state index contributed by atoms with van der Waals surface area (Å²) in [6, 6.07) is 6.49. The van der Waals surface area contributed by atoms with Gasteiger partial charge in [0, 0.05) is 30.3 Å². The van der Waals surface area contributed by atoms with Crippen LogP contribution in [0, 0.1) is 0 Å². The van der Waals surface area contributed by atoms with Crippen molar-refractivity contribution in [2.75, 3.05) is 0 Å². The lowest BCUT2D eigenvalue weighted by Crippen LogP contribution is -2.23. The van der Waals surface area contributed by atoms with Gasteiger partial charge in [0.05, 0.1) is 15.7 Å². The third-order valence-corrected chi connectivity index (χ3v) is 4.34. The fourth-order valence-corrected chi connectivity index (χ4v) is 2.76. The fourth-order valence-electron chi connectivity index (χ4n) is 2.40. The molecular formula is C16H12Cl2F2N4O3. The molecule has 0 spiro atoms. The second-order valence-electron chi connectivity index (χ2n) is 5.47. The maximum atomic E-state index is 13.5. The van der Waals surface area contributed by atoms with Crippen LogP contribution in [0.4, 0.5) is 8.78 Å². The summed E-state index contributed by atoms with van der Waals surface area (Å²) in [6.45, 7) is -0.348. The molecule has 0 aliphatic heterocycles. The molecule has 0 atom stereocenters. The number of halogens is 4. The highest BCUT2D eigenvalue weighted by Gasteiger charge is 2.20. The molecular weight excluding hydrogens is 405 g/mol. The van der Waals surface area contributed by atoms with Crippen molar-refractivity contribution in [3.63, 3.8) is 0 Å². The Bertz CT molecular complexity index is 1050. The number of phenols is 1. The summed E-state index contributed by atoms with van der Waals surface area (Å²) < 4.78 is 34.4. The Labute approximate surface area is 161 Å². The van der Waals surface area contributed by atoms with Gasteiger partial charge in [-0.25, -0.2) is 13.6 Å². The first-order valence-electron chi connectivity index (χ1n) is 7.49. The number of phenolic OH excluding ortho intramolecular Hbond substituents is 1. The van der Waals surface area contributed by atoms with Gasteiger partial charge in [0.15, 0.2) is 0 Å². The summed E-state index contributed by atoms with van der Waals surface area (Å²) in [5.41, 5.74) is -0.790. The Morgan fingerprint density at radius 2 is 1.96 bits per heavy atom. The van der Waals surface area contributed by atoms with E-state index in [4.69, 9.17) is 27.9 Å². The van der Waals surface area contributed by atoms with Gasteiger partial charge in [-0.3, -0.25) is 0 Å². The highest BCUT2D eigenvalue weighted by atomic mass is 35.5. The number of rotatable bonds is 5. The standard InChI is InChI=1S/C16H12Cl2F2N4O3/c1-23-16(26)24(22-21-23)12-4-2-3-8(15(19)20)9(12)7-27-14-6-10(17)13(25)5-11(14)18/h2-6,15,25H,7H2,1H3. The third-order valence-electron chi connectivity index (χ3n) is 3.75. The number of tetrazole rings is 1. The molecule has 0 saturated heterocycles. The summed E-state index contributed by atoms with van der Waals surface area (Å²) in [4.78, 5) is 12.1. The molecule has 0 aliphatic carbocycles. The number of benzene rings is 2.